The molecule has 0 rings (SSSR count). The van der Waals surface area contributed by atoms with E-state index in [0.29, 0.717) is 0 Å². The molecule has 0 aliphatic carbocycles. The number of ether oxygens (including phenoxy) is 1. The van der Waals surface area contributed by atoms with E-state index in [1.165, 1.54) is 0 Å². The van der Waals surface area contributed by atoms with E-state index in [4.69, 9.17) is 0 Å². The molecule has 2 nitrogen and oxygen atoms in total. The molecular weight excluding hydrogens is 156 g/mol. The van der Waals surface area contributed by atoms with Crippen LogP contribution in [0.2, 0.25) is 0 Å². The van der Waals surface area contributed by atoms with Crippen LogP contribution in [0.1, 0.15) is 0 Å². The zero-order chi connectivity index (χ0) is 7.28. The summed E-state index contributed by atoms with van der Waals surface area (Å²) in [7, 11) is 0. The normalized spacial score (nSPS) is 9.22. The van der Waals surface area contributed by atoms with Crippen molar-refractivity contribution in [2.75, 3.05) is 6.61 Å². The third kappa shape index (κ3) is 5.79. The number of hydrogen-bond acceptors (Lipinski definition) is 4. The summed E-state index contributed by atoms with van der Waals surface area (Å²) in [4.78, 5) is 10.3. The van der Waals surface area contributed by atoms with Gasteiger partial charge < -0.3 is 4.74 Å². The van der Waals surface area contributed by atoms with Crippen LogP contribution in [0.4, 0.5) is 0 Å². The third-order valence-corrected chi connectivity index (χ3v) is 0.839. The second-order valence-corrected chi connectivity index (χ2v) is 2.97. The number of hydrogen-bond donors (Lipinski definition) is 2. The van der Waals surface area contributed by atoms with Gasteiger partial charge in [0.15, 0.2) is 0 Å². The molecule has 0 unspecified atom stereocenters. The lowest BCUT2D eigenvalue weighted by Gasteiger charge is -2.01. The quantitative estimate of drug-likeness (QED) is 0.280. The molecule has 0 aromatic carbocycles. The average molecular weight is 164 g/mol. The third-order valence-electron chi connectivity index (χ3n) is 0.541. The number of rotatable bonds is 3. The second-order valence-electron chi connectivity index (χ2n) is 1.31. The Kier molecular flexibility index (Phi) is 4.71. The summed E-state index contributed by atoms with van der Waals surface area (Å²) in [6.45, 7) is 3.42. The number of carbonyl (C=O) groups is 1. The van der Waals surface area contributed by atoms with Crippen molar-refractivity contribution in [1.82, 2.24) is 0 Å². The molecule has 9 heavy (non-hydrogen) atoms. The predicted octanol–water partition coefficient (Wildman–Crippen LogP) is 0.901. The fourth-order valence-electron chi connectivity index (χ4n) is 0.216. The lowest BCUT2D eigenvalue weighted by atomic mass is 10.6. The lowest BCUT2D eigenvalue weighted by Crippen LogP contribution is -2.07. The number of esters is 1. The smallest absolute Gasteiger partial charge is 0.330 e. The van der Waals surface area contributed by atoms with Crippen LogP contribution < -0.4 is 0 Å². The molecule has 4 heteroatoms. The minimum absolute atomic E-state index is 0.205. The van der Waals surface area contributed by atoms with Crippen LogP contribution >= 0.6 is 25.3 Å². The maximum Gasteiger partial charge on any atom is 0.330 e. The molecule has 0 aromatic heterocycles. The zero-order valence-corrected chi connectivity index (χ0v) is 6.57. The van der Waals surface area contributed by atoms with Crippen molar-refractivity contribution >= 4 is 31.2 Å². The fraction of sp³-hybridized carbons (Fsp3) is 0.400. The van der Waals surface area contributed by atoms with Crippen LogP contribution in [0.15, 0.2) is 12.7 Å². The van der Waals surface area contributed by atoms with Gasteiger partial charge in [-0.1, -0.05) is 6.58 Å². The first-order valence-corrected chi connectivity index (χ1v) is 3.35. The van der Waals surface area contributed by atoms with Gasteiger partial charge in [0, 0.05) is 6.08 Å². The van der Waals surface area contributed by atoms with Crippen molar-refractivity contribution in [3.05, 3.63) is 12.7 Å². The standard InChI is InChI=1S/C5H8O2S2/c1-2-4(6)7-3-5(8)9/h2,5,8-9H,1,3H2. The molecule has 0 saturated heterocycles. The highest BCUT2D eigenvalue weighted by molar-refractivity contribution is 7.99. The molecule has 0 aromatic rings. The highest BCUT2D eigenvalue weighted by atomic mass is 32.2. The van der Waals surface area contributed by atoms with Crippen molar-refractivity contribution in [1.29, 1.82) is 0 Å². The van der Waals surface area contributed by atoms with Gasteiger partial charge >= 0.3 is 5.97 Å². The maximum absolute atomic E-state index is 10.3. The van der Waals surface area contributed by atoms with Crippen molar-refractivity contribution < 1.29 is 9.53 Å². The minimum atomic E-state index is -0.442. The summed E-state index contributed by atoms with van der Waals surface area (Å²) in [5.41, 5.74) is 0. The Hall–Kier alpha value is -0.0900. The highest BCUT2D eigenvalue weighted by Gasteiger charge is 1.98. The Morgan fingerprint density at radius 1 is 1.78 bits per heavy atom. The van der Waals surface area contributed by atoms with Gasteiger partial charge in [0.25, 0.3) is 0 Å². The molecule has 0 radical (unpaired) electrons. The Balaban J connectivity index is 3.27. The van der Waals surface area contributed by atoms with E-state index in [2.05, 4.69) is 36.6 Å². The van der Waals surface area contributed by atoms with Crippen LogP contribution in [0.25, 0.3) is 0 Å². The van der Waals surface area contributed by atoms with E-state index < -0.39 is 5.97 Å². The van der Waals surface area contributed by atoms with Crippen molar-refractivity contribution in [3.8, 4) is 0 Å². The molecule has 0 aliphatic heterocycles. The van der Waals surface area contributed by atoms with Crippen molar-refractivity contribution in [3.63, 3.8) is 0 Å². The van der Waals surface area contributed by atoms with Gasteiger partial charge in [0.05, 0.1) is 4.58 Å². The van der Waals surface area contributed by atoms with Gasteiger partial charge in [-0.25, -0.2) is 4.79 Å². The van der Waals surface area contributed by atoms with Crippen LogP contribution in [-0.2, 0) is 9.53 Å². The first-order chi connectivity index (χ1) is 4.16. The Morgan fingerprint density at radius 2 is 2.33 bits per heavy atom. The number of carbonyl (C=O) groups excluding carboxylic acids is 1. The summed E-state index contributed by atoms with van der Waals surface area (Å²) in [5.74, 6) is -0.442. The zero-order valence-electron chi connectivity index (χ0n) is 4.78. The van der Waals surface area contributed by atoms with Crippen LogP contribution in [0.5, 0.6) is 0 Å². The highest BCUT2D eigenvalue weighted by Crippen LogP contribution is 1.99. The Morgan fingerprint density at radius 3 is 2.67 bits per heavy atom. The molecule has 0 heterocycles. The summed E-state index contributed by atoms with van der Waals surface area (Å²) in [6, 6.07) is 0. The molecule has 0 aliphatic rings. The van der Waals surface area contributed by atoms with Crippen molar-refractivity contribution in [2.24, 2.45) is 0 Å². The minimum Gasteiger partial charge on any atom is -0.460 e. The second kappa shape index (κ2) is 4.76. The Labute approximate surface area is 65.1 Å². The summed E-state index contributed by atoms with van der Waals surface area (Å²) < 4.78 is 4.33. The summed E-state index contributed by atoms with van der Waals surface area (Å²) in [6.07, 6.45) is 1.10. The predicted molar refractivity (Wildman–Crippen MR) is 42.9 cm³/mol. The molecule has 0 bridgehead atoms. The van der Waals surface area contributed by atoms with Gasteiger partial charge in [-0.3, -0.25) is 0 Å². The molecule has 0 fully saturated rings. The molecule has 0 spiro atoms. The van der Waals surface area contributed by atoms with Crippen molar-refractivity contribution in [2.45, 2.75) is 4.58 Å². The topological polar surface area (TPSA) is 26.3 Å². The van der Waals surface area contributed by atoms with E-state index in [1.54, 1.807) is 0 Å². The monoisotopic (exact) mass is 164 g/mol. The van der Waals surface area contributed by atoms with Gasteiger partial charge in [-0.2, -0.15) is 25.3 Å². The van der Waals surface area contributed by atoms with Crippen LogP contribution in [0.3, 0.4) is 0 Å². The summed E-state index contributed by atoms with van der Waals surface area (Å²) in [5, 5.41) is 0. The largest absolute Gasteiger partial charge is 0.460 e. The maximum atomic E-state index is 10.3. The molecular formula is C5H8O2S2. The van der Waals surface area contributed by atoms with E-state index in [1.807, 2.05) is 0 Å². The van der Waals surface area contributed by atoms with Gasteiger partial charge in [0.1, 0.15) is 6.61 Å². The lowest BCUT2D eigenvalue weighted by molar-refractivity contribution is -0.137. The fourth-order valence-corrected chi connectivity index (χ4v) is 0.365. The van der Waals surface area contributed by atoms with E-state index in [-0.39, 0.29) is 11.2 Å². The van der Waals surface area contributed by atoms with Gasteiger partial charge in [-0.05, 0) is 0 Å². The van der Waals surface area contributed by atoms with E-state index in [0.717, 1.165) is 6.08 Å². The van der Waals surface area contributed by atoms with E-state index in [9.17, 15) is 4.79 Å². The molecule has 0 amide bonds. The van der Waals surface area contributed by atoms with E-state index >= 15 is 0 Å². The first kappa shape index (κ1) is 8.91. The molecule has 52 valence electrons. The van der Waals surface area contributed by atoms with Gasteiger partial charge in [0.2, 0.25) is 0 Å². The van der Waals surface area contributed by atoms with Crippen LogP contribution in [-0.4, -0.2) is 17.2 Å². The Bertz CT molecular complexity index is 112. The van der Waals surface area contributed by atoms with Gasteiger partial charge in [-0.15, -0.1) is 0 Å². The van der Waals surface area contributed by atoms with Crippen LogP contribution in [0, 0.1) is 0 Å². The first-order valence-electron chi connectivity index (χ1n) is 2.32. The number of thiol groups is 2. The molecule has 0 atom stereocenters. The summed E-state index contributed by atoms with van der Waals surface area (Å²) >= 11 is 7.73. The molecule has 0 saturated carbocycles. The average Bonchev–Trinajstić information content (AvgIpc) is 1.83. The molecule has 0 N–H and O–H groups in total. The SMILES string of the molecule is C=CC(=O)OCC(S)S.